The molecule has 1 N–H and O–H groups in total. The summed E-state index contributed by atoms with van der Waals surface area (Å²) in [5.74, 6) is -0.433. The van der Waals surface area contributed by atoms with Gasteiger partial charge >= 0.3 is 6.61 Å². The molecule has 0 radical (unpaired) electrons. The lowest BCUT2D eigenvalue weighted by Crippen LogP contribution is -2.13. The molecule has 8 nitrogen and oxygen atoms in total. The van der Waals surface area contributed by atoms with Gasteiger partial charge in [-0.25, -0.2) is 17.1 Å². The van der Waals surface area contributed by atoms with Crippen LogP contribution in [0.15, 0.2) is 65.7 Å². The molecule has 5 aromatic rings. The molecule has 0 spiro atoms. The summed E-state index contributed by atoms with van der Waals surface area (Å²) in [4.78, 5) is 0.0775. The van der Waals surface area contributed by atoms with Crippen LogP contribution in [0.2, 0.25) is 0 Å². The highest BCUT2D eigenvalue weighted by molar-refractivity contribution is 7.90. The Labute approximate surface area is 210 Å². The van der Waals surface area contributed by atoms with Crippen molar-refractivity contribution in [1.29, 1.82) is 5.26 Å². The van der Waals surface area contributed by atoms with Gasteiger partial charge in [-0.1, -0.05) is 17.7 Å². The monoisotopic (exact) mass is 522 g/mol. The first-order valence-electron chi connectivity index (χ1n) is 11.1. The number of aromatic nitrogens is 3. The third-order valence-electron chi connectivity index (χ3n) is 6.14. The molecule has 3 aromatic carbocycles. The Hall–Kier alpha value is -4.43. The largest absolute Gasteiger partial charge is 0.493 e. The van der Waals surface area contributed by atoms with Crippen LogP contribution < -0.4 is 4.74 Å². The van der Waals surface area contributed by atoms with Crippen molar-refractivity contribution in [2.45, 2.75) is 31.9 Å². The van der Waals surface area contributed by atoms with Crippen LogP contribution >= 0.6 is 0 Å². The molecule has 5 rings (SSSR count). The molecule has 0 amide bonds. The number of aryl methyl sites for hydroxylation is 2. The van der Waals surface area contributed by atoms with E-state index in [1.807, 2.05) is 13.0 Å². The number of fused-ring (bicyclic) bond motifs is 2. The van der Waals surface area contributed by atoms with Crippen LogP contribution in [0.1, 0.15) is 22.3 Å². The summed E-state index contributed by atoms with van der Waals surface area (Å²) in [6, 6.07) is 15.8. The van der Waals surface area contributed by atoms with E-state index in [2.05, 4.69) is 5.10 Å². The lowest BCUT2D eigenvalue weighted by molar-refractivity contribution is -0.0504. The third-order valence-corrected chi connectivity index (χ3v) is 7.83. The van der Waals surface area contributed by atoms with Crippen LogP contribution in [0, 0.1) is 25.2 Å². The molecule has 0 aliphatic rings. The zero-order chi connectivity index (χ0) is 26.5. The van der Waals surface area contributed by atoms with E-state index in [0.717, 1.165) is 9.54 Å². The zero-order valence-corrected chi connectivity index (χ0v) is 20.5. The van der Waals surface area contributed by atoms with E-state index in [9.17, 15) is 22.3 Å². The van der Waals surface area contributed by atoms with Crippen molar-refractivity contribution in [1.82, 2.24) is 13.8 Å². The highest BCUT2D eigenvalue weighted by atomic mass is 32.2. The van der Waals surface area contributed by atoms with E-state index >= 15 is 0 Å². The number of hydrogen-bond donors (Lipinski definition) is 1. The van der Waals surface area contributed by atoms with Crippen molar-refractivity contribution < 1.29 is 27.0 Å². The highest BCUT2D eigenvalue weighted by Gasteiger charge is 2.25. The molecular weight excluding hydrogens is 502 g/mol. The molecule has 0 fully saturated rings. The molecule has 0 unspecified atom stereocenters. The standard InChI is InChI=1S/C26H20F2N4O4S/c1-15-3-6-18(7-4-15)37(34,35)32-10-9-19-21(23(36-26(27)28)11-16(2)24(19)32)14-31-25(33)20-12-17(13-29)5-8-22(20)30-31/h3-12,26,33H,14H2,1-2H3. The van der Waals surface area contributed by atoms with E-state index < -0.39 is 16.6 Å². The molecule has 11 heteroatoms. The normalized spacial score (nSPS) is 11.9. The van der Waals surface area contributed by atoms with Gasteiger partial charge in [-0.05, 0) is 61.9 Å². The number of halogens is 2. The van der Waals surface area contributed by atoms with Gasteiger partial charge < -0.3 is 9.84 Å². The predicted molar refractivity (Wildman–Crippen MR) is 132 cm³/mol. The van der Waals surface area contributed by atoms with Gasteiger partial charge in [-0.2, -0.15) is 19.1 Å². The molecule has 0 saturated heterocycles. The first kappa shape index (κ1) is 24.3. The lowest BCUT2D eigenvalue weighted by atomic mass is 10.0. The Morgan fingerprint density at radius 3 is 2.49 bits per heavy atom. The summed E-state index contributed by atoms with van der Waals surface area (Å²) in [6.45, 7) is 0.125. The van der Waals surface area contributed by atoms with Gasteiger partial charge in [0.1, 0.15) is 5.75 Å². The van der Waals surface area contributed by atoms with Crippen molar-refractivity contribution in [3.8, 4) is 17.7 Å². The Morgan fingerprint density at radius 1 is 1.08 bits per heavy atom. The second-order valence-electron chi connectivity index (χ2n) is 8.57. The van der Waals surface area contributed by atoms with Crippen LogP contribution in [-0.2, 0) is 16.6 Å². The van der Waals surface area contributed by atoms with Gasteiger partial charge in [0.15, 0.2) is 0 Å². The van der Waals surface area contributed by atoms with Crippen molar-refractivity contribution in [2.24, 2.45) is 0 Å². The summed E-state index contributed by atoms with van der Waals surface area (Å²) in [6.07, 6.45) is 1.36. The summed E-state index contributed by atoms with van der Waals surface area (Å²) in [5, 5.41) is 24.9. The van der Waals surface area contributed by atoms with Gasteiger partial charge in [0.25, 0.3) is 10.0 Å². The Bertz CT molecular complexity index is 1820. The van der Waals surface area contributed by atoms with Gasteiger partial charge in [-0.3, -0.25) is 0 Å². The second-order valence-corrected chi connectivity index (χ2v) is 10.4. The molecule has 188 valence electrons. The number of hydrogen-bond acceptors (Lipinski definition) is 6. The number of ether oxygens (including phenoxy) is 1. The van der Waals surface area contributed by atoms with Crippen molar-refractivity contribution in [3.63, 3.8) is 0 Å². The number of nitrogens with zero attached hydrogens (tertiary/aromatic N) is 4. The molecule has 2 heterocycles. The van der Waals surface area contributed by atoms with Gasteiger partial charge in [-0.15, -0.1) is 0 Å². The highest BCUT2D eigenvalue weighted by Crippen LogP contribution is 2.36. The van der Waals surface area contributed by atoms with Crippen LogP contribution in [0.5, 0.6) is 11.6 Å². The maximum absolute atomic E-state index is 13.5. The van der Waals surface area contributed by atoms with Crippen LogP contribution in [0.25, 0.3) is 21.8 Å². The predicted octanol–water partition coefficient (Wildman–Crippen LogP) is 5.07. The SMILES string of the molecule is Cc1ccc(S(=O)(=O)n2ccc3c(Cn4nc5ccc(C#N)cc5c4O)c(OC(F)F)cc(C)c32)cc1. The fourth-order valence-electron chi connectivity index (χ4n) is 4.37. The van der Waals surface area contributed by atoms with Gasteiger partial charge in [0.05, 0.1) is 39.5 Å². The maximum atomic E-state index is 13.5. The van der Waals surface area contributed by atoms with Crippen LogP contribution in [-0.4, -0.2) is 33.9 Å². The second kappa shape index (κ2) is 8.90. The molecule has 37 heavy (non-hydrogen) atoms. The molecule has 0 saturated carbocycles. The number of aromatic hydroxyl groups is 1. The quantitative estimate of drug-likeness (QED) is 0.333. The Kier molecular flexibility index (Phi) is 5.84. The van der Waals surface area contributed by atoms with Crippen LogP contribution in [0.4, 0.5) is 8.78 Å². The number of rotatable bonds is 6. The van der Waals surface area contributed by atoms with Crippen molar-refractivity contribution >= 4 is 31.8 Å². The summed E-state index contributed by atoms with van der Waals surface area (Å²) in [5.41, 5.74) is 2.53. The minimum atomic E-state index is -4.00. The van der Waals surface area contributed by atoms with E-state index in [1.54, 1.807) is 31.2 Å². The van der Waals surface area contributed by atoms with E-state index in [1.165, 1.54) is 41.2 Å². The first-order valence-corrected chi connectivity index (χ1v) is 12.5. The van der Waals surface area contributed by atoms with E-state index in [-0.39, 0.29) is 28.6 Å². The fourth-order valence-corrected chi connectivity index (χ4v) is 5.78. The molecule has 0 aliphatic carbocycles. The topological polar surface area (TPSA) is 110 Å². The van der Waals surface area contributed by atoms with Crippen molar-refractivity contribution in [2.75, 3.05) is 0 Å². The number of nitriles is 1. The molecule has 0 bridgehead atoms. The fraction of sp³-hybridized carbons (Fsp3) is 0.154. The molecular formula is C26H20F2N4O4S. The van der Waals surface area contributed by atoms with Gasteiger partial charge in [0, 0.05) is 17.1 Å². The zero-order valence-electron chi connectivity index (χ0n) is 19.7. The minimum absolute atomic E-state index is 0.0775. The molecule has 2 aromatic heterocycles. The average Bonchev–Trinajstić information content (AvgIpc) is 3.44. The summed E-state index contributed by atoms with van der Waals surface area (Å²) in [7, 11) is -4.00. The lowest BCUT2D eigenvalue weighted by Gasteiger charge is -2.16. The first-order chi connectivity index (χ1) is 17.6. The third kappa shape index (κ3) is 4.15. The number of alkyl halides is 2. The summed E-state index contributed by atoms with van der Waals surface area (Å²) < 4.78 is 60.7. The minimum Gasteiger partial charge on any atom is -0.493 e. The van der Waals surface area contributed by atoms with E-state index in [0.29, 0.717) is 32.9 Å². The maximum Gasteiger partial charge on any atom is 0.387 e. The van der Waals surface area contributed by atoms with E-state index in [4.69, 9.17) is 10.00 Å². The average molecular weight is 523 g/mol. The number of benzene rings is 3. The summed E-state index contributed by atoms with van der Waals surface area (Å²) >= 11 is 0. The molecule has 0 aliphatic heterocycles. The van der Waals surface area contributed by atoms with Crippen LogP contribution in [0.3, 0.4) is 0 Å². The Morgan fingerprint density at radius 2 is 1.81 bits per heavy atom. The van der Waals surface area contributed by atoms with Gasteiger partial charge in [0.2, 0.25) is 5.88 Å². The van der Waals surface area contributed by atoms with Crippen molar-refractivity contribution in [3.05, 3.63) is 83.0 Å². The Balaban J connectivity index is 1.71. The smallest absolute Gasteiger partial charge is 0.387 e. The molecule has 0 atom stereocenters.